The van der Waals surface area contributed by atoms with Gasteiger partial charge in [0.2, 0.25) is 5.60 Å². The minimum atomic E-state index is -1.02. The van der Waals surface area contributed by atoms with Crippen LogP contribution < -0.4 is 10.1 Å². The van der Waals surface area contributed by atoms with Gasteiger partial charge in [0.05, 0.1) is 12.8 Å². The predicted molar refractivity (Wildman–Crippen MR) is 93.8 cm³/mol. The van der Waals surface area contributed by atoms with E-state index in [0.29, 0.717) is 30.8 Å². The molecular formula is C19H22N2O4. The Hall–Kier alpha value is -2.76. The number of nitrogens with zero attached hydrogens (tertiary/aromatic N) is 1. The Bertz CT molecular complexity index is 796. The summed E-state index contributed by atoms with van der Waals surface area (Å²) in [4.78, 5) is 18.0. The molecule has 1 amide bonds. The molecule has 0 saturated heterocycles. The fourth-order valence-electron chi connectivity index (χ4n) is 2.79. The average Bonchev–Trinajstić information content (AvgIpc) is 3.21. The van der Waals surface area contributed by atoms with Gasteiger partial charge in [-0.1, -0.05) is 17.3 Å². The number of furan rings is 1. The molecule has 6 heteroatoms. The number of para-hydroxylation sites is 1. The Labute approximate surface area is 146 Å². The van der Waals surface area contributed by atoms with Gasteiger partial charge in [0, 0.05) is 24.9 Å². The van der Waals surface area contributed by atoms with Gasteiger partial charge in [-0.3, -0.25) is 4.79 Å². The molecule has 0 aliphatic carbocycles. The van der Waals surface area contributed by atoms with Crippen molar-refractivity contribution in [2.75, 3.05) is 13.7 Å². The van der Waals surface area contributed by atoms with Gasteiger partial charge < -0.3 is 19.3 Å². The molecule has 0 radical (unpaired) electrons. The van der Waals surface area contributed by atoms with E-state index in [1.165, 1.54) is 0 Å². The number of rotatable bonds is 6. The summed E-state index contributed by atoms with van der Waals surface area (Å²) >= 11 is 0. The summed E-state index contributed by atoms with van der Waals surface area (Å²) in [5.74, 6) is 2.23. The molecule has 25 heavy (non-hydrogen) atoms. The zero-order chi connectivity index (χ0) is 17.9. The van der Waals surface area contributed by atoms with E-state index in [0.717, 1.165) is 17.1 Å². The fourth-order valence-corrected chi connectivity index (χ4v) is 2.79. The minimum absolute atomic E-state index is 0.190. The summed E-state index contributed by atoms with van der Waals surface area (Å²) in [6, 6.07) is 11.4. The van der Waals surface area contributed by atoms with Crippen LogP contribution in [0.2, 0.25) is 0 Å². The number of methoxy groups -OCH3 is 1. The lowest BCUT2D eigenvalue weighted by Crippen LogP contribution is -2.45. The quantitative estimate of drug-likeness (QED) is 0.876. The van der Waals surface area contributed by atoms with Crippen LogP contribution in [-0.2, 0) is 16.1 Å². The third kappa shape index (κ3) is 3.68. The van der Waals surface area contributed by atoms with E-state index in [9.17, 15) is 4.79 Å². The van der Waals surface area contributed by atoms with Crippen molar-refractivity contribution in [1.29, 1.82) is 0 Å². The highest BCUT2D eigenvalue weighted by molar-refractivity contribution is 6.07. The van der Waals surface area contributed by atoms with Crippen molar-refractivity contribution in [3.63, 3.8) is 0 Å². The van der Waals surface area contributed by atoms with Crippen LogP contribution in [0.4, 0.5) is 0 Å². The lowest BCUT2D eigenvalue weighted by atomic mass is 9.94. The fraction of sp³-hybridized carbons (Fsp3) is 0.368. The van der Waals surface area contributed by atoms with E-state index in [1.807, 2.05) is 43.3 Å². The zero-order valence-electron chi connectivity index (χ0n) is 14.7. The van der Waals surface area contributed by atoms with Crippen molar-refractivity contribution in [2.45, 2.75) is 32.3 Å². The smallest absolute Gasteiger partial charge is 0.267 e. The maximum Gasteiger partial charge on any atom is 0.267 e. The molecule has 2 heterocycles. The first-order valence-corrected chi connectivity index (χ1v) is 8.24. The maximum absolute atomic E-state index is 12.5. The van der Waals surface area contributed by atoms with Crippen LogP contribution in [0.3, 0.4) is 0 Å². The first-order valence-electron chi connectivity index (χ1n) is 8.24. The van der Waals surface area contributed by atoms with Crippen LogP contribution in [-0.4, -0.2) is 30.9 Å². The Balaban J connectivity index is 1.59. The number of carbonyl (C=O) groups excluding carboxylic acids is 1. The lowest BCUT2D eigenvalue weighted by Gasteiger charge is -2.20. The van der Waals surface area contributed by atoms with E-state index in [4.69, 9.17) is 14.0 Å². The molecule has 1 N–H and O–H groups in total. The molecule has 0 spiro atoms. The molecule has 1 unspecified atom stereocenters. The second kappa shape index (κ2) is 7.01. The van der Waals surface area contributed by atoms with Gasteiger partial charge in [0.25, 0.3) is 5.91 Å². The van der Waals surface area contributed by atoms with E-state index in [-0.39, 0.29) is 5.91 Å². The largest absolute Gasteiger partial charge is 0.496 e. The standard InChI is InChI=1S/C19H22N2O4/c1-13-8-9-14(24-13)10-11-20-18(22)19(2)12-16(21-25-19)15-6-4-5-7-17(15)23-3/h4-9H,10-12H2,1-3H3,(H,20,22). The number of aryl methyl sites for hydroxylation is 1. The van der Waals surface area contributed by atoms with Gasteiger partial charge >= 0.3 is 0 Å². The van der Waals surface area contributed by atoms with Gasteiger partial charge in [0.15, 0.2) is 0 Å². The number of amides is 1. The third-order valence-corrected chi connectivity index (χ3v) is 4.21. The van der Waals surface area contributed by atoms with Crippen molar-refractivity contribution in [3.05, 3.63) is 53.5 Å². The highest BCUT2D eigenvalue weighted by Gasteiger charge is 2.42. The number of carbonyl (C=O) groups is 1. The normalized spacial score (nSPS) is 19.2. The Morgan fingerprint density at radius 3 is 2.84 bits per heavy atom. The first-order chi connectivity index (χ1) is 12.0. The number of hydrogen-bond donors (Lipinski definition) is 1. The monoisotopic (exact) mass is 342 g/mol. The van der Waals surface area contributed by atoms with E-state index in [1.54, 1.807) is 14.0 Å². The minimum Gasteiger partial charge on any atom is -0.496 e. The van der Waals surface area contributed by atoms with Crippen LogP contribution in [0.25, 0.3) is 0 Å². The number of ether oxygens (including phenoxy) is 1. The Kier molecular flexibility index (Phi) is 4.79. The van der Waals surface area contributed by atoms with E-state index in [2.05, 4.69) is 10.5 Å². The van der Waals surface area contributed by atoms with E-state index < -0.39 is 5.60 Å². The third-order valence-electron chi connectivity index (χ3n) is 4.21. The summed E-state index contributed by atoms with van der Waals surface area (Å²) < 4.78 is 10.9. The van der Waals surface area contributed by atoms with Crippen LogP contribution >= 0.6 is 0 Å². The SMILES string of the molecule is COc1ccccc1C1=NOC(C)(C(=O)NCCc2ccc(C)o2)C1. The molecule has 1 aromatic heterocycles. The molecule has 1 aliphatic rings. The van der Waals surface area contributed by atoms with Crippen molar-refractivity contribution in [3.8, 4) is 5.75 Å². The molecule has 1 aromatic carbocycles. The summed E-state index contributed by atoms with van der Waals surface area (Å²) in [5.41, 5.74) is 0.527. The molecule has 1 aliphatic heterocycles. The van der Waals surface area contributed by atoms with Crippen LogP contribution in [0.15, 0.2) is 46.0 Å². The Morgan fingerprint density at radius 2 is 2.12 bits per heavy atom. The lowest BCUT2D eigenvalue weighted by molar-refractivity contribution is -0.141. The summed E-state index contributed by atoms with van der Waals surface area (Å²) in [7, 11) is 1.61. The highest BCUT2D eigenvalue weighted by Crippen LogP contribution is 2.30. The van der Waals surface area contributed by atoms with Crippen molar-refractivity contribution in [1.82, 2.24) is 5.32 Å². The zero-order valence-corrected chi connectivity index (χ0v) is 14.7. The van der Waals surface area contributed by atoms with Crippen LogP contribution in [0.1, 0.15) is 30.4 Å². The molecule has 132 valence electrons. The average molecular weight is 342 g/mol. The number of oxime groups is 1. The molecule has 0 saturated carbocycles. The van der Waals surface area contributed by atoms with E-state index >= 15 is 0 Å². The van der Waals surface area contributed by atoms with Gasteiger partial charge in [-0.25, -0.2) is 0 Å². The van der Waals surface area contributed by atoms with Crippen molar-refractivity contribution >= 4 is 11.6 Å². The number of benzene rings is 1. The summed E-state index contributed by atoms with van der Waals surface area (Å²) in [6.45, 7) is 4.12. The highest BCUT2D eigenvalue weighted by atomic mass is 16.7. The first kappa shape index (κ1) is 17.1. The second-order valence-electron chi connectivity index (χ2n) is 6.26. The van der Waals surface area contributed by atoms with Crippen molar-refractivity contribution < 1.29 is 18.8 Å². The van der Waals surface area contributed by atoms with Gasteiger partial charge in [-0.05, 0) is 38.1 Å². The summed E-state index contributed by atoms with van der Waals surface area (Å²) in [5, 5.41) is 7.01. The van der Waals surface area contributed by atoms with Gasteiger partial charge in [-0.15, -0.1) is 0 Å². The number of hydrogen-bond acceptors (Lipinski definition) is 5. The topological polar surface area (TPSA) is 73.1 Å². The molecule has 1 atom stereocenters. The molecule has 0 fully saturated rings. The molecular weight excluding hydrogens is 320 g/mol. The van der Waals surface area contributed by atoms with Gasteiger partial charge in [-0.2, -0.15) is 0 Å². The molecule has 6 nitrogen and oxygen atoms in total. The molecule has 2 aromatic rings. The number of nitrogens with one attached hydrogen (secondary N) is 1. The Morgan fingerprint density at radius 1 is 1.32 bits per heavy atom. The van der Waals surface area contributed by atoms with Crippen LogP contribution in [0.5, 0.6) is 5.75 Å². The predicted octanol–water partition coefficient (Wildman–Crippen LogP) is 2.84. The maximum atomic E-state index is 12.5. The molecule has 0 bridgehead atoms. The summed E-state index contributed by atoms with van der Waals surface area (Å²) in [6.07, 6.45) is 1.02. The second-order valence-corrected chi connectivity index (χ2v) is 6.26. The van der Waals surface area contributed by atoms with Crippen molar-refractivity contribution in [2.24, 2.45) is 5.16 Å². The molecule has 3 rings (SSSR count). The van der Waals surface area contributed by atoms with Gasteiger partial charge in [0.1, 0.15) is 17.3 Å². The van der Waals surface area contributed by atoms with Crippen LogP contribution in [0, 0.1) is 6.92 Å².